The molecule has 0 saturated heterocycles. The van der Waals surface area contributed by atoms with Crippen LogP contribution < -0.4 is 0 Å². The van der Waals surface area contributed by atoms with Crippen LogP contribution in [0.2, 0.25) is 0 Å². The van der Waals surface area contributed by atoms with Crippen molar-refractivity contribution in [2.75, 3.05) is 0 Å². The van der Waals surface area contributed by atoms with Crippen molar-refractivity contribution < 1.29 is 0 Å². The number of hydrogen-bond donors (Lipinski definition) is 0. The summed E-state index contributed by atoms with van der Waals surface area (Å²) in [5, 5.41) is 0. The monoisotopic (exact) mass is 282 g/mol. The minimum absolute atomic E-state index is 0. The molecule has 0 nitrogen and oxygen atoms in total. The lowest BCUT2D eigenvalue weighted by Gasteiger charge is -1.63. The largest absolute Gasteiger partial charge is 0.369 e. The normalized spacial score (nSPS) is 5.40. The fraction of sp³-hybridized carbons (Fsp3) is 0. The Labute approximate surface area is 63.5 Å². The van der Waals surface area contributed by atoms with E-state index < -0.39 is 0 Å². The molecule has 0 saturated carbocycles. The third kappa shape index (κ3) is 25.3. The average Bonchev–Trinajstić information content (AvgIpc) is 0.811. The van der Waals surface area contributed by atoms with Gasteiger partial charge < -0.3 is 0 Å². The van der Waals surface area contributed by atoms with Crippen LogP contribution >= 0.6 is 60.8 Å². The van der Waals surface area contributed by atoms with Crippen LogP contribution in [-0.4, -0.2) is 3.18 Å². The van der Waals surface area contributed by atoms with Crippen LogP contribution in [0.4, 0.5) is 0 Å². The van der Waals surface area contributed by atoms with Crippen molar-refractivity contribution >= 4 is 64.0 Å². The van der Waals surface area contributed by atoms with Crippen LogP contribution in [0.5, 0.6) is 0 Å². The third-order valence-electron chi connectivity index (χ3n) is 0. The first-order valence-electron chi connectivity index (χ1n) is 0.655. The SMILES string of the molecule is BrB(Br)Br.S. The predicted octanol–water partition coefficient (Wildman–Crippen LogP) is 2.27. The molecule has 0 aromatic heterocycles. The summed E-state index contributed by atoms with van der Waals surface area (Å²) >= 11 is 9.31. The van der Waals surface area contributed by atoms with Gasteiger partial charge in [0.2, 0.25) is 0 Å². The van der Waals surface area contributed by atoms with Crippen molar-refractivity contribution in [3.8, 4) is 0 Å². The molecule has 32 valence electrons. The van der Waals surface area contributed by atoms with Crippen molar-refractivity contribution in [3.63, 3.8) is 0 Å². The highest BCUT2D eigenvalue weighted by molar-refractivity contribution is 9.69. The van der Waals surface area contributed by atoms with Gasteiger partial charge in [-0.3, -0.25) is 0 Å². The van der Waals surface area contributed by atoms with Crippen LogP contribution in [-0.2, 0) is 0 Å². The molecule has 0 heterocycles. The van der Waals surface area contributed by atoms with E-state index >= 15 is 0 Å². The van der Waals surface area contributed by atoms with Crippen LogP contribution in [0.25, 0.3) is 0 Å². The summed E-state index contributed by atoms with van der Waals surface area (Å²) < 4.78 is 0.271. The Morgan fingerprint density at radius 2 is 1.00 bits per heavy atom. The van der Waals surface area contributed by atoms with E-state index in [-0.39, 0.29) is 16.7 Å². The average molecular weight is 285 g/mol. The first-order chi connectivity index (χ1) is 1.73. The fourth-order valence-electron chi connectivity index (χ4n) is 0. The minimum atomic E-state index is 0. The predicted molar refractivity (Wildman–Crippen MR) is 42.9 cm³/mol. The molecule has 0 aromatic rings. The molecule has 0 rings (SSSR count). The Balaban J connectivity index is 0. The molecule has 0 bridgehead atoms. The van der Waals surface area contributed by atoms with Crippen molar-refractivity contribution in [1.29, 1.82) is 0 Å². The minimum Gasteiger partial charge on any atom is -0.197 e. The Hall–Kier alpha value is 1.85. The van der Waals surface area contributed by atoms with Gasteiger partial charge in [-0.25, -0.2) is 0 Å². The first kappa shape index (κ1) is 9.97. The Kier molecular flexibility index (Phi) is 11.7. The second-order valence-corrected chi connectivity index (χ2v) is 6.68. The van der Waals surface area contributed by atoms with Gasteiger partial charge >= 0.3 is 3.18 Å². The molecule has 5 heteroatoms. The van der Waals surface area contributed by atoms with E-state index in [1.54, 1.807) is 0 Å². The molecular weight excluding hydrogens is 283 g/mol. The zero-order chi connectivity index (χ0) is 3.58. The van der Waals surface area contributed by atoms with E-state index in [1.165, 1.54) is 0 Å². The number of halogens is 3. The van der Waals surface area contributed by atoms with Gasteiger partial charge in [0, 0.05) is 0 Å². The Morgan fingerprint density at radius 3 is 1.00 bits per heavy atom. The third-order valence-corrected chi connectivity index (χ3v) is 0. The molecule has 0 N–H and O–H groups in total. The van der Waals surface area contributed by atoms with Gasteiger partial charge in [-0.1, -0.05) is 0 Å². The smallest absolute Gasteiger partial charge is 0.197 e. The molecule has 0 fully saturated rings. The van der Waals surface area contributed by atoms with Crippen LogP contribution in [0.1, 0.15) is 0 Å². The summed E-state index contributed by atoms with van der Waals surface area (Å²) in [6, 6.07) is 0. The zero-order valence-corrected chi connectivity index (χ0v) is 7.97. The molecule has 0 aromatic carbocycles. The van der Waals surface area contributed by atoms with Crippen LogP contribution in [0, 0.1) is 0 Å². The summed E-state index contributed by atoms with van der Waals surface area (Å²) in [6.07, 6.45) is 0. The van der Waals surface area contributed by atoms with Gasteiger partial charge in [-0.05, 0) is 0 Å². The molecule has 0 spiro atoms. The first-order valence-corrected chi connectivity index (χ1v) is 3.40. The lowest BCUT2D eigenvalue weighted by Crippen LogP contribution is -1.60. The summed E-state index contributed by atoms with van der Waals surface area (Å²) in [5.41, 5.74) is 0. The second kappa shape index (κ2) is 5.85. The zero-order valence-electron chi connectivity index (χ0n) is 2.21. The lowest BCUT2D eigenvalue weighted by molar-refractivity contribution is 4.99. The van der Waals surface area contributed by atoms with E-state index in [2.05, 4.69) is 47.3 Å². The maximum absolute atomic E-state index is 3.10. The van der Waals surface area contributed by atoms with Gasteiger partial charge in [0.05, 0.1) is 0 Å². The highest BCUT2D eigenvalue weighted by Gasteiger charge is 1.87. The van der Waals surface area contributed by atoms with E-state index in [1.807, 2.05) is 0 Å². The topological polar surface area (TPSA) is 0 Å². The van der Waals surface area contributed by atoms with E-state index in [0.29, 0.717) is 0 Å². The molecule has 0 unspecified atom stereocenters. The maximum Gasteiger partial charge on any atom is 0.369 e. The van der Waals surface area contributed by atoms with Gasteiger partial charge in [-0.15, -0.1) is 47.3 Å². The van der Waals surface area contributed by atoms with Gasteiger partial charge in [-0.2, -0.15) is 13.5 Å². The standard InChI is InChI=1S/BBr3.H2S/c2-1(3)4;/h;1H2. The van der Waals surface area contributed by atoms with Crippen LogP contribution in [0.3, 0.4) is 0 Å². The molecule has 0 aliphatic carbocycles. The lowest BCUT2D eigenvalue weighted by atomic mass is 10.8. The summed E-state index contributed by atoms with van der Waals surface area (Å²) in [6.45, 7) is 0. The highest BCUT2D eigenvalue weighted by Crippen LogP contribution is 2.07. The van der Waals surface area contributed by atoms with Crippen molar-refractivity contribution in [2.24, 2.45) is 0 Å². The summed E-state index contributed by atoms with van der Waals surface area (Å²) in [4.78, 5) is 0. The summed E-state index contributed by atoms with van der Waals surface area (Å²) in [7, 11) is 0. The van der Waals surface area contributed by atoms with Crippen molar-refractivity contribution in [3.05, 3.63) is 0 Å². The molecule has 0 radical (unpaired) electrons. The molecule has 0 aliphatic heterocycles. The van der Waals surface area contributed by atoms with Gasteiger partial charge in [0.1, 0.15) is 0 Å². The quantitative estimate of drug-likeness (QED) is 0.599. The second-order valence-electron chi connectivity index (χ2n) is 0.247. The highest BCUT2D eigenvalue weighted by atomic mass is 79.9. The van der Waals surface area contributed by atoms with Crippen molar-refractivity contribution in [1.82, 2.24) is 0 Å². The van der Waals surface area contributed by atoms with Gasteiger partial charge in [0.15, 0.2) is 0 Å². The molecule has 0 atom stereocenters. The van der Waals surface area contributed by atoms with Crippen molar-refractivity contribution in [2.45, 2.75) is 0 Å². The molecule has 0 aliphatic rings. The molecule has 5 heavy (non-hydrogen) atoms. The Morgan fingerprint density at radius 1 is 1.00 bits per heavy atom. The maximum atomic E-state index is 3.10. The van der Waals surface area contributed by atoms with E-state index in [4.69, 9.17) is 0 Å². The van der Waals surface area contributed by atoms with Gasteiger partial charge in [0.25, 0.3) is 0 Å². The summed E-state index contributed by atoms with van der Waals surface area (Å²) in [5.74, 6) is 0. The molecular formula is H2BBr3S. The number of rotatable bonds is 0. The van der Waals surface area contributed by atoms with E-state index in [9.17, 15) is 0 Å². The van der Waals surface area contributed by atoms with E-state index in [0.717, 1.165) is 0 Å². The molecule has 0 amide bonds. The number of hydrogen-bond acceptors (Lipinski definition) is 0. The fourth-order valence-corrected chi connectivity index (χ4v) is 0. The Bertz CT molecular complexity index is 11.6. The van der Waals surface area contributed by atoms with Crippen LogP contribution in [0.15, 0.2) is 0 Å².